The number of aromatic nitrogens is 2. The van der Waals surface area contributed by atoms with Gasteiger partial charge < -0.3 is 9.47 Å². The maximum atomic E-state index is 12.9. The number of imidazole rings is 1. The predicted molar refractivity (Wildman–Crippen MR) is 129 cm³/mol. The van der Waals surface area contributed by atoms with Gasteiger partial charge in [0.05, 0.1) is 11.0 Å². The van der Waals surface area contributed by atoms with Crippen molar-refractivity contribution >= 4 is 22.6 Å². The van der Waals surface area contributed by atoms with Crippen LogP contribution in [0.3, 0.4) is 0 Å². The summed E-state index contributed by atoms with van der Waals surface area (Å²) in [6.07, 6.45) is 9.62. The van der Waals surface area contributed by atoms with Gasteiger partial charge in [0.25, 0.3) is 0 Å². The zero-order valence-electron chi connectivity index (χ0n) is 19.0. The molecule has 4 heteroatoms. The summed E-state index contributed by atoms with van der Waals surface area (Å²) in [5.41, 5.74) is 4.43. The van der Waals surface area contributed by atoms with Crippen LogP contribution in [0.15, 0.2) is 48.5 Å². The third kappa shape index (κ3) is 5.00. The molecule has 1 saturated heterocycles. The van der Waals surface area contributed by atoms with Crippen LogP contribution in [0.2, 0.25) is 0 Å². The van der Waals surface area contributed by atoms with Crippen LogP contribution in [-0.4, -0.2) is 22.0 Å². The van der Waals surface area contributed by atoms with Crippen molar-refractivity contribution in [2.45, 2.75) is 77.7 Å². The van der Waals surface area contributed by atoms with Crippen molar-refractivity contribution in [1.29, 1.82) is 0 Å². The van der Waals surface area contributed by atoms with Crippen LogP contribution in [0.25, 0.3) is 11.0 Å². The average Bonchev–Trinajstić information content (AvgIpc) is 3.34. The molecule has 1 fully saturated rings. The van der Waals surface area contributed by atoms with Crippen molar-refractivity contribution in [2.75, 3.05) is 11.4 Å². The van der Waals surface area contributed by atoms with Crippen molar-refractivity contribution in [3.8, 4) is 0 Å². The van der Waals surface area contributed by atoms with Gasteiger partial charge in [-0.2, -0.15) is 0 Å². The molecule has 1 aromatic heterocycles. The number of benzene rings is 2. The lowest BCUT2D eigenvalue weighted by molar-refractivity contribution is -0.117. The molecule has 0 radical (unpaired) electrons. The number of carbonyl (C=O) groups excluding carboxylic acids is 1. The third-order valence-corrected chi connectivity index (χ3v) is 6.47. The summed E-state index contributed by atoms with van der Waals surface area (Å²) in [6.45, 7) is 6.03. The van der Waals surface area contributed by atoms with Crippen LogP contribution in [0.5, 0.6) is 0 Å². The first kappa shape index (κ1) is 21.6. The highest BCUT2D eigenvalue weighted by molar-refractivity contribution is 5.96. The number of unbranched alkanes of at least 4 members (excludes halogenated alkanes) is 6. The van der Waals surface area contributed by atoms with Crippen molar-refractivity contribution in [3.63, 3.8) is 0 Å². The minimum atomic E-state index is 0.143. The molecule has 0 unspecified atom stereocenters. The Bertz CT molecular complexity index is 1020. The minimum absolute atomic E-state index is 0.143. The number of nitrogens with zero attached hydrogens (tertiary/aromatic N) is 3. The normalized spacial score (nSPS) is 16.5. The molecule has 1 aliphatic heterocycles. The van der Waals surface area contributed by atoms with E-state index in [0.29, 0.717) is 13.0 Å². The molecule has 1 amide bonds. The number of rotatable bonds is 10. The van der Waals surface area contributed by atoms with Crippen molar-refractivity contribution in [1.82, 2.24) is 9.55 Å². The molecule has 4 nitrogen and oxygen atoms in total. The van der Waals surface area contributed by atoms with Crippen LogP contribution >= 0.6 is 0 Å². The number of fused-ring (bicyclic) bond motifs is 1. The Hall–Kier alpha value is -2.62. The number of aryl methyl sites for hydroxylation is 2. The molecular weight excluding hydrogens is 382 g/mol. The summed E-state index contributed by atoms with van der Waals surface area (Å²) in [5.74, 6) is 1.42. The number of hydrogen-bond donors (Lipinski definition) is 0. The predicted octanol–water partition coefficient (Wildman–Crippen LogP) is 6.62. The number of para-hydroxylation sites is 2. The highest BCUT2D eigenvalue weighted by Gasteiger charge is 2.34. The maximum Gasteiger partial charge on any atom is 0.227 e. The highest BCUT2D eigenvalue weighted by Crippen LogP contribution is 2.33. The van der Waals surface area contributed by atoms with Gasteiger partial charge in [0.2, 0.25) is 5.91 Å². The zero-order valence-corrected chi connectivity index (χ0v) is 19.0. The van der Waals surface area contributed by atoms with Gasteiger partial charge in [0.1, 0.15) is 5.82 Å². The first-order chi connectivity index (χ1) is 15.2. The Labute approximate surface area is 186 Å². The molecule has 0 saturated carbocycles. The van der Waals surface area contributed by atoms with Crippen molar-refractivity contribution < 1.29 is 4.79 Å². The van der Waals surface area contributed by atoms with Gasteiger partial charge in [-0.1, -0.05) is 69.7 Å². The van der Waals surface area contributed by atoms with E-state index in [-0.39, 0.29) is 11.8 Å². The Kier molecular flexibility index (Phi) is 7.06. The van der Waals surface area contributed by atoms with Gasteiger partial charge in [0, 0.05) is 31.1 Å². The summed E-state index contributed by atoms with van der Waals surface area (Å²) in [6, 6.07) is 16.6. The first-order valence-corrected chi connectivity index (χ1v) is 12.0. The standard InChI is InChI=1S/C27H35N3O/c1-3-4-5-6-7-8-11-17-29-25-16-10-9-15-24(25)28-27(29)22-19-26(31)30(20-22)23-14-12-13-21(2)18-23/h9-10,12-16,18,22H,3-8,11,17,19-20H2,1-2H3/t22-/m1/s1. The van der Waals surface area contributed by atoms with E-state index in [0.717, 1.165) is 23.6 Å². The largest absolute Gasteiger partial charge is 0.328 e. The van der Waals surface area contributed by atoms with Crippen molar-refractivity contribution in [3.05, 3.63) is 59.9 Å². The van der Waals surface area contributed by atoms with Crippen LogP contribution in [-0.2, 0) is 11.3 Å². The fourth-order valence-corrected chi connectivity index (χ4v) is 4.79. The number of hydrogen-bond acceptors (Lipinski definition) is 2. The second-order valence-electron chi connectivity index (χ2n) is 8.98. The van der Waals surface area contributed by atoms with Crippen molar-refractivity contribution in [2.24, 2.45) is 0 Å². The molecule has 0 bridgehead atoms. The number of carbonyl (C=O) groups is 1. The number of anilines is 1. The number of amides is 1. The van der Waals surface area contributed by atoms with E-state index in [2.05, 4.69) is 54.8 Å². The lowest BCUT2D eigenvalue weighted by atomic mass is 10.1. The van der Waals surface area contributed by atoms with Gasteiger partial charge in [-0.25, -0.2) is 4.98 Å². The van der Waals surface area contributed by atoms with E-state index in [1.165, 1.54) is 56.0 Å². The Balaban J connectivity index is 1.49. The molecule has 0 spiro atoms. The summed E-state index contributed by atoms with van der Waals surface area (Å²) >= 11 is 0. The van der Waals surface area contributed by atoms with E-state index in [4.69, 9.17) is 4.98 Å². The SMILES string of the molecule is CCCCCCCCCn1c([C@@H]2CC(=O)N(c3cccc(C)c3)C2)nc2ccccc21. The summed E-state index contributed by atoms with van der Waals surface area (Å²) in [7, 11) is 0. The zero-order chi connectivity index (χ0) is 21.6. The van der Waals surface area contributed by atoms with E-state index in [9.17, 15) is 4.79 Å². The molecule has 164 valence electrons. The Morgan fingerprint density at radius 3 is 2.55 bits per heavy atom. The molecule has 2 aromatic carbocycles. The molecule has 3 aromatic rings. The van der Waals surface area contributed by atoms with Crippen LogP contribution in [0.1, 0.15) is 75.6 Å². The summed E-state index contributed by atoms with van der Waals surface area (Å²) in [4.78, 5) is 19.8. The van der Waals surface area contributed by atoms with Crippen LogP contribution in [0.4, 0.5) is 5.69 Å². The highest BCUT2D eigenvalue weighted by atomic mass is 16.2. The minimum Gasteiger partial charge on any atom is -0.328 e. The average molecular weight is 418 g/mol. The fourth-order valence-electron chi connectivity index (χ4n) is 4.79. The van der Waals surface area contributed by atoms with E-state index < -0.39 is 0 Å². The molecule has 1 atom stereocenters. The Morgan fingerprint density at radius 2 is 1.74 bits per heavy atom. The Morgan fingerprint density at radius 1 is 0.968 bits per heavy atom. The monoisotopic (exact) mass is 417 g/mol. The lowest BCUT2D eigenvalue weighted by Gasteiger charge is -2.18. The first-order valence-electron chi connectivity index (χ1n) is 12.0. The molecule has 1 aliphatic rings. The lowest BCUT2D eigenvalue weighted by Crippen LogP contribution is -2.24. The van der Waals surface area contributed by atoms with Gasteiger partial charge >= 0.3 is 0 Å². The van der Waals surface area contributed by atoms with Crippen LogP contribution in [0, 0.1) is 6.92 Å². The third-order valence-electron chi connectivity index (χ3n) is 6.47. The molecule has 4 rings (SSSR count). The second kappa shape index (κ2) is 10.1. The van der Waals surface area contributed by atoms with Crippen LogP contribution < -0.4 is 4.90 Å². The van der Waals surface area contributed by atoms with E-state index in [1.807, 2.05) is 17.0 Å². The van der Waals surface area contributed by atoms with Gasteiger partial charge in [0.15, 0.2) is 0 Å². The molecule has 2 heterocycles. The fraction of sp³-hybridized carbons (Fsp3) is 0.481. The second-order valence-corrected chi connectivity index (χ2v) is 8.98. The van der Waals surface area contributed by atoms with E-state index >= 15 is 0 Å². The summed E-state index contributed by atoms with van der Waals surface area (Å²) < 4.78 is 2.39. The molecular formula is C27H35N3O. The van der Waals surface area contributed by atoms with Gasteiger partial charge in [-0.05, 0) is 43.2 Å². The van der Waals surface area contributed by atoms with Gasteiger partial charge in [-0.3, -0.25) is 4.79 Å². The molecule has 0 N–H and O–H groups in total. The van der Waals surface area contributed by atoms with Gasteiger partial charge in [-0.15, -0.1) is 0 Å². The smallest absolute Gasteiger partial charge is 0.227 e. The molecule has 0 aliphatic carbocycles. The summed E-state index contributed by atoms with van der Waals surface area (Å²) in [5, 5.41) is 0. The van der Waals surface area contributed by atoms with E-state index in [1.54, 1.807) is 0 Å². The topological polar surface area (TPSA) is 38.1 Å². The maximum absolute atomic E-state index is 12.9. The molecule has 31 heavy (non-hydrogen) atoms. The quantitative estimate of drug-likeness (QED) is 0.348.